The normalized spacial score (nSPS) is 18.3. The Morgan fingerprint density at radius 2 is 1.83 bits per heavy atom. The molecule has 0 unspecified atom stereocenters. The first-order chi connectivity index (χ1) is 13.7. The van der Waals surface area contributed by atoms with Crippen molar-refractivity contribution in [1.29, 1.82) is 0 Å². The summed E-state index contributed by atoms with van der Waals surface area (Å²) in [5.41, 5.74) is 2.07. The van der Waals surface area contributed by atoms with Crippen LogP contribution in [0.3, 0.4) is 0 Å². The fourth-order valence-corrected chi connectivity index (χ4v) is 3.94. The molecule has 0 bridgehead atoms. The third-order valence-corrected chi connectivity index (χ3v) is 5.13. The summed E-state index contributed by atoms with van der Waals surface area (Å²) in [6.45, 7) is 9.36. The third-order valence-electron chi connectivity index (χ3n) is 5.13. The number of ether oxygens (including phenoxy) is 1. The molecule has 0 aromatic heterocycles. The molecule has 2 aromatic carbocycles. The van der Waals surface area contributed by atoms with E-state index in [9.17, 15) is 9.59 Å². The summed E-state index contributed by atoms with van der Waals surface area (Å²) in [7, 11) is 1.80. The van der Waals surface area contributed by atoms with Crippen molar-refractivity contribution in [2.75, 3.05) is 17.3 Å². The van der Waals surface area contributed by atoms with Gasteiger partial charge >= 0.3 is 6.09 Å². The van der Waals surface area contributed by atoms with Crippen LogP contribution >= 0.6 is 0 Å². The van der Waals surface area contributed by atoms with E-state index in [1.807, 2.05) is 69.3 Å². The van der Waals surface area contributed by atoms with Gasteiger partial charge in [0.05, 0.1) is 5.41 Å². The molecule has 5 nitrogen and oxygen atoms in total. The van der Waals surface area contributed by atoms with Crippen molar-refractivity contribution in [3.8, 4) is 0 Å². The topological polar surface area (TPSA) is 58.6 Å². The SMILES string of the molecule is C=CC[C@]1(Cc2ccccc2NC(=O)OC(C)(C)C)C(=O)N(C)c2ccccc21. The van der Waals surface area contributed by atoms with Crippen LogP contribution in [0.5, 0.6) is 0 Å². The van der Waals surface area contributed by atoms with Gasteiger partial charge in [-0.3, -0.25) is 10.1 Å². The minimum Gasteiger partial charge on any atom is -0.444 e. The Labute approximate surface area is 172 Å². The Bertz CT molecular complexity index is 945. The summed E-state index contributed by atoms with van der Waals surface area (Å²) >= 11 is 0. The molecule has 1 atom stereocenters. The molecule has 29 heavy (non-hydrogen) atoms. The maximum atomic E-state index is 13.4. The first-order valence-electron chi connectivity index (χ1n) is 9.74. The lowest BCUT2D eigenvalue weighted by Crippen LogP contribution is -2.40. The first-order valence-corrected chi connectivity index (χ1v) is 9.74. The van der Waals surface area contributed by atoms with Crippen LogP contribution in [0.15, 0.2) is 61.2 Å². The summed E-state index contributed by atoms with van der Waals surface area (Å²) in [4.78, 5) is 27.4. The Balaban J connectivity index is 1.99. The molecule has 2 amide bonds. The number of nitrogens with one attached hydrogen (secondary N) is 1. The number of nitrogens with zero attached hydrogens (tertiary/aromatic N) is 1. The standard InChI is InChI=1S/C24H28N2O3/c1-6-15-24(18-12-8-10-14-20(18)26(5)21(24)27)16-17-11-7-9-13-19(17)25-22(28)29-23(2,3)4/h6-14H,1,15-16H2,2-5H3,(H,25,28)/t24-/m1/s1. The van der Waals surface area contributed by atoms with Gasteiger partial charge in [-0.25, -0.2) is 4.79 Å². The van der Waals surface area contributed by atoms with Gasteiger partial charge in [-0.2, -0.15) is 0 Å². The monoisotopic (exact) mass is 392 g/mol. The van der Waals surface area contributed by atoms with E-state index in [-0.39, 0.29) is 5.91 Å². The van der Waals surface area contributed by atoms with Gasteiger partial charge in [0.25, 0.3) is 0 Å². The van der Waals surface area contributed by atoms with Gasteiger partial charge in [-0.05, 0) is 56.9 Å². The van der Waals surface area contributed by atoms with Crippen LogP contribution in [0.4, 0.5) is 16.2 Å². The Hall–Kier alpha value is -3.08. The van der Waals surface area contributed by atoms with Crippen LogP contribution in [0.2, 0.25) is 0 Å². The molecule has 0 aliphatic carbocycles. The van der Waals surface area contributed by atoms with E-state index in [1.54, 1.807) is 18.0 Å². The summed E-state index contributed by atoms with van der Waals surface area (Å²) in [5.74, 6) is 0.0330. The Kier molecular flexibility index (Phi) is 5.51. The first kappa shape index (κ1) is 20.6. The molecule has 0 radical (unpaired) electrons. The molecule has 1 aliphatic rings. The maximum Gasteiger partial charge on any atom is 0.412 e. The molecule has 0 spiro atoms. The summed E-state index contributed by atoms with van der Waals surface area (Å²) in [6, 6.07) is 15.4. The van der Waals surface area contributed by atoms with Gasteiger partial charge in [0, 0.05) is 18.4 Å². The van der Waals surface area contributed by atoms with E-state index in [0.717, 1.165) is 16.8 Å². The Morgan fingerprint density at radius 1 is 1.17 bits per heavy atom. The van der Waals surface area contributed by atoms with Crippen molar-refractivity contribution in [3.63, 3.8) is 0 Å². The highest BCUT2D eigenvalue weighted by Gasteiger charge is 2.48. The van der Waals surface area contributed by atoms with Crippen molar-refractivity contribution in [2.24, 2.45) is 0 Å². The molecule has 1 aliphatic heterocycles. The molecule has 152 valence electrons. The van der Waals surface area contributed by atoms with E-state index >= 15 is 0 Å². The molecule has 2 aromatic rings. The number of amides is 2. The smallest absolute Gasteiger partial charge is 0.412 e. The van der Waals surface area contributed by atoms with Gasteiger partial charge in [0.15, 0.2) is 0 Å². The number of fused-ring (bicyclic) bond motifs is 1. The number of carbonyl (C=O) groups is 2. The zero-order chi connectivity index (χ0) is 21.2. The highest BCUT2D eigenvalue weighted by molar-refractivity contribution is 6.08. The minimum absolute atomic E-state index is 0.0330. The van der Waals surface area contributed by atoms with Crippen LogP contribution in [-0.4, -0.2) is 24.6 Å². The largest absolute Gasteiger partial charge is 0.444 e. The Morgan fingerprint density at radius 3 is 2.52 bits per heavy atom. The highest BCUT2D eigenvalue weighted by atomic mass is 16.6. The predicted octanol–water partition coefficient (Wildman–Crippen LogP) is 5.07. The fourth-order valence-electron chi connectivity index (χ4n) is 3.94. The number of carbonyl (C=O) groups excluding carboxylic acids is 2. The highest BCUT2D eigenvalue weighted by Crippen LogP contribution is 2.46. The van der Waals surface area contributed by atoms with Crippen LogP contribution in [-0.2, 0) is 21.4 Å². The number of hydrogen-bond donors (Lipinski definition) is 1. The average molecular weight is 392 g/mol. The maximum absolute atomic E-state index is 13.4. The van der Waals surface area contributed by atoms with E-state index in [2.05, 4.69) is 11.9 Å². The second-order valence-electron chi connectivity index (χ2n) is 8.42. The fraction of sp³-hybridized carbons (Fsp3) is 0.333. The number of anilines is 2. The van der Waals surface area contributed by atoms with Crippen molar-refractivity contribution >= 4 is 23.4 Å². The van der Waals surface area contributed by atoms with Gasteiger partial charge in [-0.1, -0.05) is 42.5 Å². The molecule has 3 rings (SSSR count). The number of rotatable bonds is 5. The van der Waals surface area contributed by atoms with Gasteiger partial charge in [-0.15, -0.1) is 6.58 Å². The average Bonchev–Trinajstić information content (AvgIpc) is 2.85. The summed E-state index contributed by atoms with van der Waals surface area (Å²) < 4.78 is 5.39. The molecule has 1 N–H and O–H groups in total. The van der Waals surface area contributed by atoms with E-state index < -0.39 is 17.1 Å². The quantitative estimate of drug-likeness (QED) is 0.723. The molecule has 0 fully saturated rings. The second kappa shape index (κ2) is 7.74. The van der Waals surface area contributed by atoms with E-state index in [4.69, 9.17) is 4.74 Å². The van der Waals surface area contributed by atoms with Crippen molar-refractivity contribution in [3.05, 3.63) is 72.3 Å². The van der Waals surface area contributed by atoms with Crippen LogP contribution in [0.1, 0.15) is 38.3 Å². The lowest BCUT2D eigenvalue weighted by Gasteiger charge is -2.28. The summed E-state index contributed by atoms with van der Waals surface area (Å²) in [6.07, 6.45) is 2.23. The molecular formula is C24H28N2O3. The van der Waals surface area contributed by atoms with Gasteiger partial charge in [0.1, 0.15) is 5.60 Å². The van der Waals surface area contributed by atoms with Gasteiger partial charge < -0.3 is 9.64 Å². The van der Waals surface area contributed by atoms with Crippen LogP contribution < -0.4 is 10.2 Å². The zero-order valence-electron chi connectivity index (χ0n) is 17.5. The molecule has 0 saturated heterocycles. The lowest BCUT2D eigenvalue weighted by molar-refractivity contribution is -0.122. The number of benzene rings is 2. The van der Waals surface area contributed by atoms with Crippen molar-refractivity contribution in [1.82, 2.24) is 0 Å². The number of allylic oxidation sites excluding steroid dienone is 1. The predicted molar refractivity (Wildman–Crippen MR) is 116 cm³/mol. The lowest BCUT2D eigenvalue weighted by atomic mass is 9.73. The van der Waals surface area contributed by atoms with E-state index in [0.29, 0.717) is 18.5 Å². The van der Waals surface area contributed by atoms with Crippen molar-refractivity contribution in [2.45, 2.75) is 44.6 Å². The zero-order valence-corrected chi connectivity index (χ0v) is 17.5. The van der Waals surface area contributed by atoms with Crippen LogP contribution in [0.25, 0.3) is 0 Å². The minimum atomic E-state index is -0.751. The number of hydrogen-bond acceptors (Lipinski definition) is 3. The second-order valence-corrected chi connectivity index (χ2v) is 8.42. The van der Waals surface area contributed by atoms with Gasteiger partial charge in [0.2, 0.25) is 5.91 Å². The molecule has 0 saturated carbocycles. The number of para-hydroxylation sites is 2. The van der Waals surface area contributed by atoms with E-state index in [1.165, 1.54) is 0 Å². The summed E-state index contributed by atoms with van der Waals surface area (Å²) in [5, 5.41) is 2.84. The van der Waals surface area contributed by atoms with Crippen LogP contribution in [0, 0.1) is 0 Å². The third kappa shape index (κ3) is 4.04. The number of likely N-dealkylation sites (N-methyl/N-ethyl adjacent to an activating group) is 1. The molecular weight excluding hydrogens is 364 g/mol. The van der Waals surface area contributed by atoms with Crippen molar-refractivity contribution < 1.29 is 14.3 Å². The molecule has 1 heterocycles. The molecule has 5 heteroatoms.